The van der Waals surface area contributed by atoms with Gasteiger partial charge in [0.15, 0.2) is 17.0 Å². The SMILES string of the molecule is COc1cc([C@@H]2[C@H](C)N[C@@]3(C(=O)Nc4ccccc43)[C@H]2[N+](=O)[O-])ccc1OCc1ccccc1. The van der Waals surface area contributed by atoms with Gasteiger partial charge in [-0.1, -0.05) is 54.6 Å². The van der Waals surface area contributed by atoms with Crippen molar-refractivity contribution < 1.29 is 19.2 Å². The molecule has 2 N–H and O–H groups in total. The average molecular weight is 460 g/mol. The van der Waals surface area contributed by atoms with E-state index in [0.717, 1.165) is 5.56 Å². The first-order valence-corrected chi connectivity index (χ1v) is 11.1. The molecule has 2 heterocycles. The topological polar surface area (TPSA) is 103 Å². The van der Waals surface area contributed by atoms with Crippen LogP contribution in [0.3, 0.4) is 0 Å². The van der Waals surface area contributed by atoms with E-state index in [2.05, 4.69) is 10.6 Å². The number of nitrogens with one attached hydrogen (secondary N) is 2. The first-order chi connectivity index (χ1) is 16.5. The average Bonchev–Trinajstić information content (AvgIpc) is 3.32. The van der Waals surface area contributed by atoms with Crippen LogP contribution >= 0.6 is 0 Å². The smallest absolute Gasteiger partial charge is 0.256 e. The number of anilines is 1. The van der Waals surface area contributed by atoms with Crippen molar-refractivity contribution in [3.63, 3.8) is 0 Å². The second-order valence-electron chi connectivity index (χ2n) is 8.68. The summed E-state index contributed by atoms with van der Waals surface area (Å²) in [4.78, 5) is 25.3. The summed E-state index contributed by atoms with van der Waals surface area (Å²) in [5, 5.41) is 18.6. The van der Waals surface area contributed by atoms with Gasteiger partial charge in [0, 0.05) is 22.2 Å². The second-order valence-corrected chi connectivity index (χ2v) is 8.68. The Bertz CT molecular complexity index is 1250. The van der Waals surface area contributed by atoms with Crippen molar-refractivity contribution in [2.45, 2.75) is 37.1 Å². The Balaban J connectivity index is 1.51. The Morgan fingerprint density at radius 3 is 2.50 bits per heavy atom. The van der Waals surface area contributed by atoms with Crippen molar-refractivity contribution in [1.29, 1.82) is 0 Å². The molecule has 0 radical (unpaired) electrons. The molecular formula is C26H25N3O5. The molecule has 0 aromatic heterocycles. The molecule has 2 aliphatic rings. The molecule has 3 aromatic rings. The fraction of sp³-hybridized carbons (Fsp3) is 0.269. The number of amides is 1. The largest absolute Gasteiger partial charge is 0.493 e. The molecular weight excluding hydrogens is 434 g/mol. The van der Waals surface area contributed by atoms with E-state index in [1.165, 1.54) is 7.11 Å². The Hall–Kier alpha value is -3.91. The van der Waals surface area contributed by atoms with Crippen molar-refractivity contribution in [1.82, 2.24) is 5.32 Å². The third-order valence-electron chi connectivity index (χ3n) is 6.77. The lowest BCUT2D eigenvalue weighted by molar-refractivity contribution is -0.532. The van der Waals surface area contributed by atoms with Gasteiger partial charge in [0.25, 0.3) is 11.9 Å². The van der Waals surface area contributed by atoms with E-state index in [1.807, 2.05) is 43.3 Å². The number of hydrogen-bond donors (Lipinski definition) is 2. The normalized spacial score (nSPS) is 25.1. The lowest BCUT2D eigenvalue weighted by Gasteiger charge is -2.25. The highest BCUT2D eigenvalue weighted by atomic mass is 16.6. The van der Waals surface area contributed by atoms with Gasteiger partial charge in [-0.2, -0.15) is 0 Å². The molecule has 1 fully saturated rings. The Kier molecular flexibility index (Phi) is 5.45. The van der Waals surface area contributed by atoms with Gasteiger partial charge in [-0.25, -0.2) is 0 Å². The van der Waals surface area contributed by atoms with Crippen LogP contribution in [-0.2, 0) is 16.9 Å². The van der Waals surface area contributed by atoms with E-state index in [-0.39, 0.29) is 11.0 Å². The van der Waals surface area contributed by atoms with Crippen LogP contribution in [0.2, 0.25) is 0 Å². The van der Waals surface area contributed by atoms with Gasteiger partial charge in [0.2, 0.25) is 0 Å². The summed E-state index contributed by atoms with van der Waals surface area (Å²) in [6, 6.07) is 20.7. The summed E-state index contributed by atoms with van der Waals surface area (Å²) in [5.74, 6) is 0.0634. The zero-order valence-electron chi connectivity index (χ0n) is 18.9. The molecule has 34 heavy (non-hydrogen) atoms. The Morgan fingerprint density at radius 2 is 1.76 bits per heavy atom. The summed E-state index contributed by atoms with van der Waals surface area (Å²) >= 11 is 0. The van der Waals surface area contributed by atoms with E-state index < -0.39 is 23.4 Å². The molecule has 8 heteroatoms. The maximum absolute atomic E-state index is 13.2. The van der Waals surface area contributed by atoms with E-state index in [9.17, 15) is 14.9 Å². The fourth-order valence-corrected chi connectivity index (χ4v) is 5.30. The number of para-hydroxylation sites is 1. The number of methoxy groups -OCH3 is 1. The van der Waals surface area contributed by atoms with Crippen LogP contribution in [0.15, 0.2) is 72.8 Å². The van der Waals surface area contributed by atoms with Crippen LogP contribution < -0.4 is 20.1 Å². The molecule has 1 saturated heterocycles. The number of fused-ring (bicyclic) bond motifs is 2. The minimum Gasteiger partial charge on any atom is -0.493 e. The first-order valence-electron chi connectivity index (χ1n) is 11.1. The highest BCUT2D eigenvalue weighted by Crippen LogP contribution is 2.50. The quantitative estimate of drug-likeness (QED) is 0.429. The third-order valence-corrected chi connectivity index (χ3v) is 6.77. The molecule has 0 saturated carbocycles. The molecule has 2 aliphatic heterocycles. The van der Waals surface area contributed by atoms with Gasteiger partial charge in [-0.15, -0.1) is 0 Å². The van der Waals surface area contributed by atoms with Crippen molar-refractivity contribution in [3.05, 3.63) is 99.6 Å². The number of ether oxygens (including phenoxy) is 2. The van der Waals surface area contributed by atoms with E-state index >= 15 is 0 Å². The molecule has 3 aromatic carbocycles. The van der Waals surface area contributed by atoms with E-state index in [1.54, 1.807) is 36.4 Å². The maximum atomic E-state index is 13.2. The highest BCUT2D eigenvalue weighted by molar-refractivity contribution is 6.07. The Morgan fingerprint density at radius 1 is 1.03 bits per heavy atom. The predicted octanol–water partition coefficient (Wildman–Crippen LogP) is 3.84. The molecule has 174 valence electrons. The zero-order chi connectivity index (χ0) is 23.9. The van der Waals surface area contributed by atoms with E-state index in [4.69, 9.17) is 9.47 Å². The summed E-state index contributed by atoms with van der Waals surface area (Å²) in [7, 11) is 1.54. The van der Waals surface area contributed by atoms with Gasteiger partial charge < -0.3 is 14.8 Å². The minimum atomic E-state index is -1.44. The molecule has 0 aliphatic carbocycles. The van der Waals surface area contributed by atoms with Crippen LogP contribution in [0, 0.1) is 10.1 Å². The minimum absolute atomic E-state index is 0.338. The molecule has 1 amide bonds. The molecule has 5 rings (SSSR count). The maximum Gasteiger partial charge on any atom is 0.256 e. The number of carbonyl (C=O) groups is 1. The summed E-state index contributed by atoms with van der Waals surface area (Å²) in [6.07, 6.45) is 0. The molecule has 4 atom stereocenters. The van der Waals surface area contributed by atoms with Crippen molar-refractivity contribution in [2.24, 2.45) is 0 Å². The number of nitro groups is 1. The second kappa shape index (κ2) is 8.46. The lowest BCUT2D eigenvalue weighted by atomic mass is 9.78. The Labute approximate surface area is 197 Å². The van der Waals surface area contributed by atoms with Crippen LogP contribution in [-0.4, -0.2) is 30.0 Å². The van der Waals surface area contributed by atoms with E-state index in [0.29, 0.717) is 34.9 Å². The predicted molar refractivity (Wildman–Crippen MR) is 127 cm³/mol. The number of benzene rings is 3. The van der Waals surface area contributed by atoms with Gasteiger partial charge >= 0.3 is 0 Å². The summed E-state index contributed by atoms with van der Waals surface area (Å²) in [5.41, 5.74) is 1.48. The molecule has 8 nitrogen and oxygen atoms in total. The number of hydrogen-bond acceptors (Lipinski definition) is 6. The monoisotopic (exact) mass is 459 g/mol. The number of nitrogens with zero attached hydrogens (tertiary/aromatic N) is 1. The molecule has 0 unspecified atom stereocenters. The summed E-state index contributed by atoms with van der Waals surface area (Å²) in [6.45, 7) is 2.24. The molecule has 0 bridgehead atoms. The van der Waals surface area contributed by atoms with Gasteiger partial charge in [0.05, 0.1) is 13.0 Å². The molecule has 1 spiro atoms. The lowest BCUT2D eigenvalue weighted by Crippen LogP contribution is -2.54. The van der Waals surface area contributed by atoms with Crippen molar-refractivity contribution in [2.75, 3.05) is 12.4 Å². The standard InChI is InChI=1S/C26H25N3O5/c1-16-23(18-12-13-21(22(14-18)33-2)34-15-17-8-4-3-5-9-17)24(29(31)32)26(28-16)19-10-6-7-11-20(19)27-25(26)30/h3-14,16,23-24,28H,15H2,1-2H3,(H,27,30)/t16-,23-,24-,26+/m0/s1. The number of rotatable bonds is 6. The third kappa shape index (κ3) is 3.38. The van der Waals surface area contributed by atoms with Gasteiger partial charge in [-0.3, -0.25) is 20.2 Å². The van der Waals surface area contributed by atoms with Gasteiger partial charge in [-0.05, 0) is 36.2 Å². The van der Waals surface area contributed by atoms with Crippen molar-refractivity contribution in [3.8, 4) is 11.5 Å². The van der Waals surface area contributed by atoms with Crippen LogP contribution in [0.4, 0.5) is 5.69 Å². The van der Waals surface area contributed by atoms with Crippen LogP contribution in [0.1, 0.15) is 29.5 Å². The van der Waals surface area contributed by atoms with Crippen molar-refractivity contribution >= 4 is 11.6 Å². The number of carbonyl (C=O) groups excluding carboxylic acids is 1. The van der Waals surface area contributed by atoms with Crippen LogP contribution in [0.5, 0.6) is 11.5 Å². The van der Waals surface area contributed by atoms with Gasteiger partial charge in [0.1, 0.15) is 6.61 Å². The first kappa shape index (κ1) is 21.9. The summed E-state index contributed by atoms with van der Waals surface area (Å²) < 4.78 is 11.5. The zero-order valence-corrected chi connectivity index (χ0v) is 18.9. The highest BCUT2D eigenvalue weighted by Gasteiger charge is 2.67. The van der Waals surface area contributed by atoms with Crippen LogP contribution in [0.25, 0.3) is 0 Å². The fourth-order valence-electron chi connectivity index (χ4n) is 5.30.